The molecule has 166 valence electrons. The molecule has 0 aliphatic rings. The van der Waals surface area contributed by atoms with Crippen LogP contribution >= 0.6 is 0 Å². The van der Waals surface area contributed by atoms with Crippen molar-refractivity contribution in [3.05, 3.63) is 89.0 Å². The predicted molar refractivity (Wildman–Crippen MR) is 129 cm³/mol. The van der Waals surface area contributed by atoms with Gasteiger partial charge in [-0.3, -0.25) is 9.59 Å². The summed E-state index contributed by atoms with van der Waals surface area (Å²) in [5.74, 6) is 0.102. The molecule has 5 nitrogen and oxygen atoms in total. The zero-order valence-corrected chi connectivity index (χ0v) is 18.9. The molecule has 0 radical (unpaired) electrons. The number of unbranched alkanes of at least 4 members (excludes halogenated alkanes) is 1. The monoisotopic (exact) mass is 430 g/mol. The average molecular weight is 431 g/mol. The van der Waals surface area contributed by atoms with E-state index in [0.717, 1.165) is 41.8 Å². The first-order valence-corrected chi connectivity index (χ1v) is 10.9. The Balaban J connectivity index is 1.48. The fourth-order valence-corrected chi connectivity index (χ4v) is 3.33. The highest BCUT2D eigenvalue weighted by molar-refractivity contribution is 6.04. The van der Waals surface area contributed by atoms with Crippen molar-refractivity contribution in [1.82, 2.24) is 0 Å². The van der Waals surface area contributed by atoms with E-state index in [4.69, 9.17) is 4.74 Å². The second-order valence-corrected chi connectivity index (χ2v) is 7.93. The van der Waals surface area contributed by atoms with Crippen LogP contribution in [0.15, 0.2) is 66.7 Å². The number of amides is 2. The summed E-state index contributed by atoms with van der Waals surface area (Å²) in [7, 11) is 0. The van der Waals surface area contributed by atoms with Crippen molar-refractivity contribution in [3.8, 4) is 5.75 Å². The summed E-state index contributed by atoms with van der Waals surface area (Å²) in [5, 5.41) is 5.76. The van der Waals surface area contributed by atoms with E-state index in [1.54, 1.807) is 24.3 Å². The Kier molecular flexibility index (Phi) is 8.03. The summed E-state index contributed by atoms with van der Waals surface area (Å²) in [4.78, 5) is 24.7. The van der Waals surface area contributed by atoms with Gasteiger partial charge in [0.2, 0.25) is 0 Å². The lowest BCUT2D eigenvalue weighted by Crippen LogP contribution is -2.20. The maximum Gasteiger partial charge on any atom is 0.262 e. The van der Waals surface area contributed by atoms with E-state index in [1.165, 1.54) is 5.56 Å². The molecule has 0 spiro atoms. The van der Waals surface area contributed by atoms with Gasteiger partial charge in [0.15, 0.2) is 6.61 Å². The molecule has 5 heteroatoms. The summed E-state index contributed by atoms with van der Waals surface area (Å²) >= 11 is 0. The van der Waals surface area contributed by atoms with Crippen LogP contribution in [-0.2, 0) is 11.2 Å². The highest BCUT2D eigenvalue weighted by atomic mass is 16.5. The number of rotatable bonds is 9. The lowest BCUT2D eigenvalue weighted by molar-refractivity contribution is -0.118. The minimum Gasteiger partial charge on any atom is -0.484 e. The topological polar surface area (TPSA) is 67.4 Å². The smallest absolute Gasteiger partial charge is 0.262 e. The maximum absolute atomic E-state index is 12.5. The van der Waals surface area contributed by atoms with E-state index >= 15 is 0 Å². The van der Waals surface area contributed by atoms with Gasteiger partial charge in [0.25, 0.3) is 11.8 Å². The number of carbonyl (C=O) groups excluding carboxylic acids is 2. The van der Waals surface area contributed by atoms with Crippen LogP contribution < -0.4 is 15.4 Å². The SMILES string of the molecule is CCCCc1ccc(NC(=O)COc2ccc(C(=O)Nc3ccc(C)cc3C)cc2)cc1. The summed E-state index contributed by atoms with van der Waals surface area (Å²) in [5.41, 5.74) is 5.48. The molecule has 0 fully saturated rings. The number of hydrogen-bond acceptors (Lipinski definition) is 3. The quantitative estimate of drug-likeness (QED) is 0.443. The highest BCUT2D eigenvalue weighted by Crippen LogP contribution is 2.19. The van der Waals surface area contributed by atoms with E-state index in [9.17, 15) is 9.59 Å². The molecular weight excluding hydrogens is 400 g/mol. The molecule has 0 heterocycles. The van der Waals surface area contributed by atoms with Crippen LogP contribution in [0.5, 0.6) is 5.75 Å². The van der Waals surface area contributed by atoms with Gasteiger partial charge in [-0.05, 0) is 80.3 Å². The molecule has 0 aliphatic heterocycles. The predicted octanol–water partition coefficient (Wildman–Crippen LogP) is 5.92. The number of aryl methyl sites for hydroxylation is 3. The lowest BCUT2D eigenvalue weighted by Gasteiger charge is -2.10. The molecule has 0 saturated heterocycles. The molecular formula is C27H30N2O3. The molecule has 3 aromatic carbocycles. The van der Waals surface area contributed by atoms with Crippen LogP contribution in [0.4, 0.5) is 11.4 Å². The van der Waals surface area contributed by atoms with E-state index < -0.39 is 0 Å². The summed E-state index contributed by atoms with van der Waals surface area (Å²) < 4.78 is 5.56. The average Bonchev–Trinajstić information content (AvgIpc) is 2.79. The van der Waals surface area contributed by atoms with Crippen LogP contribution in [0, 0.1) is 13.8 Å². The minimum absolute atomic E-state index is 0.105. The largest absolute Gasteiger partial charge is 0.484 e. The van der Waals surface area contributed by atoms with E-state index in [1.807, 2.05) is 56.3 Å². The first-order valence-electron chi connectivity index (χ1n) is 10.9. The molecule has 3 rings (SSSR count). The van der Waals surface area contributed by atoms with Gasteiger partial charge in [0, 0.05) is 16.9 Å². The molecule has 2 N–H and O–H groups in total. The normalized spacial score (nSPS) is 10.5. The Labute approximate surface area is 189 Å². The second-order valence-electron chi connectivity index (χ2n) is 7.93. The molecule has 0 bridgehead atoms. The lowest BCUT2D eigenvalue weighted by atomic mass is 10.1. The van der Waals surface area contributed by atoms with Gasteiger partial charge in [-0.1, -0.05) is 43.2 Å². The second kappa shape index (κ2) is 11.1. The maximum atomic E-state index is 12.5. The number of benzene rings is 3. The summed E-state index contributed by atoms with van der Waals surface area (Å²) in [6.45, 7) is 6.04. The van der Waals surface area contributed by atoms with Gasteiger partial charge in [-0.25, -0.2) is 0 Å². The fourth-order valence-electron chi connectivity index (χ4n) is 3.33. The number of hydrogen-bond donors (Lipinski definition) is 2. The third kappa shape index (κ3) is 6.71. The summed E-state index contributed by atoms with van der Waals surface area (Å²) in [6.07, 6.45) is 3.37. The number of carbonyl (C=O) groups is 2. The zero-order valence-electron chi connectivity index (χ0n) is 18.9. The molecule has 2 amide bonds. The highest BCUT2D eigenvalue weighted by Gasteiger charge is 2.09. The standard InChI is InChI=1S/C27H30N2O3/c1-4-5-6-21-8-12-23(13-9-21)28-26(30)18-32-24-14-10-22(11-15-24)27(31)29-25-16-7-19(2)17-20(25)3/h7-17H,4-6,18H2,1-3H3,(H,28,30)(H,29,31). The van der Waals surface area contributed by atoms with Gasteiger partial charge >= 0.3 is 0 Å². The van der Waals surface area contributed by atoms with Crippen molar-refractivity contribution in [2.75, 3.05) is 17.2 Å². The van der Waals surface area contributed by atoms with Crippen molar-refractivity contribution in [1.29, 1.82) is 0 Å². The van der Waals surface area contributed by atoms with Crippen molar-refractivity contribution in [3.63, 3.8) is 0 Å². The molecule has 0 aromatic heterocycles. The Bertz CT molecular complexity index is 1060. The Morgan fingerprint density at radius 1 is 0.875 bits per heavy atom. The first-order chi connectivity index (χ1) is 15.4. The number of ether oxygens (including phenoxy) is 1. The van der Waals surface area contributed by atoms with Gasteiger partial charge in [0.05, 0.1) is 0 Å². The van der Waals surface area contributed by atoms with E-state index in [2.05, 4.69) is 17.6 Å². The van der Waals surface area contributed by atoms with Crippen LogP contribution in [0.25, 0.3) is 0 Å². The van der Waals surface area contributed by atoms with Crippen LogP contribution in [0.3, 0.4) is 0 Å². The fraction of sp³-hybridized carbons (Fsp3) is 0.259. The van der Waals surface area contributed by atoms with Crippen LogP contribution in [0.2, 0.25) is 0 Å². The van der Waals surface area contributed by atoms with Gasteiger partial charge in [0.1, 0.15) is 5.75 Å². The van der Waals surface area contributed by atoms with Gasteiger partial charge in [-0.2, -0.15) is 0 Å². The Hall–Kier alpha value is -3.60. The van der Waals surface area contributed by atoms with Gasteiger partial charge in [-0.15, -0.1) is 0 Å². The number of anilines is 2. The van der Waals surface area contributed by atoms with Crippen LogP contribution in [-0.4, -0.2) is 18.4 Å². The van der Waals surface area contributed by atoms with E-state index in [0.29, 0.717) is 11.3 Å². The molecule has 0 unspecified atom stereocenters. The molecule has 3 aromatic rings. The van der Waals surface area contributed by atoms with Gasteiger partial charge < -0.3 is 15.4 Å². The van der Waals surface area contributed by atoms with Crippen molar-refractivity contribution < 1.29 is 14.3 Å². The summed E-state index contributed by atoms with van der Waals surface area (Å²) in [6, 6.07) is 20.5. The molecule has 0 atom stereocenters. The Morgan fingerprint density at radius 2 is 1.59 bits per heavy atom. The first kappa shape index (κ1) is 23.1. The van der Waals surface area contributed by atoms with Crippen molar-refractivity contribution in [2.45, 2.75) is 40.0 Å². The third-order valence-corrected chi connectivity index (χ3v) is 5.17. The van der Waals surface area contributed by atoms with Crippen molar-refractivity contribution >= 4 is 23.2 Å². The Morgan fingerprint density at radius 3 is 2.25 bits per heavy atom. The molecule has 0 aliphatic carbocycles. The van der Waals surface area contributed by atoms with Crippen molar-refractivity contribution in [2.24, 2.45) is 0 Å². The zero-order chi connectivity index (χ0) is 22.9. The third-order valence-electron chi connectivity index (χ3n) is 5.17. The molecule has 0 saturated carbocycles. The molecule has 32 heavy (non-hydrogen) atoms. The van der Waals surface area contributed by atoms with E-state index in [-0.39, 0.29) is 18.4 Å². The number of nitrogens with one attached hydrogen (secondary N) is 2. The minimum atomic E-state index is -0.233. The van der Waals surface area contributed by atoms with Crippen LogP contribution in [0.1, 0.15) is 46.8 Å².